The maximum atomic E-state index is 11.3. The largest absolute Gasteiger partial charge is 0.507 e. The first kappa shape index (κ1) is 24.1. The predicted octanol–water partition coefficient (Wildman–Crippen LogP) is 7.36. The first-order valence-electron chi connectivity index (χ1n) is 11.4. The van der Waals surface area contributed by atoms with Crippen LogP contribution in [0.15, 0.2) is 36.4 Å². The normalized spacial score (nSPS) is 12.5. The Hall–Kier alpha value is -3.05. The molecule has 0 unspecified atom stereocenters. The first-order chi connectivity index (χ1) is 15.7. The van der Waals surface area contributed by atoms with Gasteiger partial charge in [-0.05, 0) is 60.1 Å². The number of aromatic hydroxyl groups is 2. The molecule has 5 nitrogen and oxygen atoms in total. The van der Waals surface area contributed by atoms with E-state index in [2.05, 4.69) is 46.6 Å². The van der Waals surface area contributed by atoms with Gasteiger partial charge in [0.05, 0.1) is 5.02 Å². The standard InChI is InChI=1S/C28H32ClN3O2/c1-15-11-17(25(33)18(12-15)27(3,4)5)23-20(29)9-10-21-24(23)31-32(30-21)22-14-16(2)13-19(26(22)34)28(6,7)8/h9-14,33-34H,1-8H3. The van der Waals surface area contributed by atoms with Crippen LogP contribution in [0.4, 0.5) is 0 Å². The number of hydrogen-bond donors (Lipinski definition) is 2. The molecule has 0 saturated heterocycles. The zero-order valence-electron chi connectivity index (χ0n) is 21.1. The van der Waals surface area contributed by atoms with E-state index in [1.165, 1.54) is 4.80 Å². The molecule has 4 aromatic rings. The summed E-state index contributed by atoms with van der Waals surface area (Å²) >= 11 is 6.69. The summed E-state index contributed by atoms with van der Waals surface area (Å²) in [6, 6.07) is 11.4. The van der Waals surface area contributed by atoms with Crippen molar-refractivity contribution in [2.24, 2.45) is 0 Å². The summed E-state index contributed by atoms with van der Waals surface area (Å²) in [5.41, 5.74) is 6.13. The van der Waals surface area contributed by atoms with Gasteiger partial charge in [0, 0.05) is 22.3 Å². The molecule has 1 heterocycles. The molecule has 0 aliphatic heterocycles. The molecule has 0 amide bonds. The average Bonchev–Trinajstić information content (AvgIpc) is 3.13. The third kappa shape index (κ3) is 4.14. The van der Waals surface area contributed by atoms with Crippen molar-refractivity contribution in [3.05, 3.63) is 63.7 Å². The van der Waals surface area contributed by atoms with Crippen LogP contribution in [0, 0.1) is 13.8 Å². The van der Waals surface area contributed by atoms with Gasteiger partial charge in [0.2, 0.25) is 0 Å². The van der Waals surface area contributed by atoms with E-state index >= 15 is 0 Å². The number of aryl methyl sites for hydroxylation is 2. The third-order valence-corrected chi connectivity index (χ3v) is 6.41. The van der Waals surface area contributed by atoms with Gasteiger partial charge in [-0.3, -0.25) is 0 Å². The molecule has 4 rings (SSSR count). The minimum Gasteiger partial charge on any atom is -0.507 e. The highest BCUT2D eigenvalue weighted by Gasteiger charge is 2.26. The van der Waals surface area contributed by atoms with Crippen molar-refractivity contribution < 1.29 is 10.2 Å². The van der Waals surface area contributed by atoms with Crippen molar-refractivity contribution in [3.63, 3.8) is 0 Å². The molecule has 0 saturated carbocycles. The van der Waals surface area contributed by atoms with E-state index in [1.807, 2.05) is 38.1 Å². The Morgan fingerprint density at radius 2 is 1.32 bits per heavy atom. The van der Waals surface area contributed by atoms with Gasteiger partial charge in [0.25, 0.3) is 0 Å². The quantitative estimate of drug-likeness (QED) is 0.316. The second-order valence-electron chi connectivity index (χ2n) is 11.2. The van der Waals surface area contributed by atoms with Crippen LogP contribution >= 0.6 is 11.6 Å². The summed E-state index contributed by atoms with van der Waals surface area (Å²) in [7, 11) is 0. The molecule has 0 aliphatic rings. The van der Waals surface area contributed by atoms with Crippen LogP contribution in [0.1, 0.15) is 63.8 Å². The lowest BCUT2D eigenvalue weighted by Gasteiger charge is -2.23. The smallest absolute Gasteiger partial charge is 0.146 e. The third-order valence-electron chi connectivity index (χ3n) is 6.09. The summed E-state index contributed by atoms with van der Waals surface area (Å²) in [5, 5.41) is 32.3. The zero-order valence-corrected chi connectivity index (χ0v) is 21.8. The van der Waals surface area contributed by atoms with Crippen molar-refractivity contribution in [1.29, 1.82) is 0 Å². The lowest BCUT2D eigenvalue weighted by Crippen LogP contribution is -2.13. The summed E-state index contributed by atoms with van der Waals surface area (Å²) in [6.07, 6.45) is 0. The molecule has 1 aromatic heterocycles. The van der Waals surface area contributed by atoms with E-state index in [0.717, 1.165) is 22.3 Å². The summed E-state index contributed by atoms with van der Waals surface area (Å²) in [4.78, 5) is 1.46. The van der Waals surface area contributed by atoms with E-state index < -0.39 is 0 Å². The molecule has 6 heteroatoms. The lowest BCUT2D eigenvalue weighted by molar-refractivity contribution is 0.440. The summed E-state index contributed by atoms with van der Waals surface area (Å²) < 4.78 is 0. The van der Waals surface area contributed by atoms with Crippen molar-refractivity contribution >= 4 is 22.6 Å². The molecule has 0 spiro atoms. The van der Waals surface area contributed by atoms with Crippen LogP contribution in [0.5, 0.6) is 11.5 Å². The Bertz CT molecular complexity index is 1420. The number of aromatic nitrogens is 3. The topological polar surface area (TPSA) is 71.2 Å². The van der Waals surface area contributed by atoms with E-state index in [9.17, 15) is 10.2 Å². The Morgan fingerprint density at radius 1 is 0.765 bits per heavy atom. The van der Waals surface area contributed by atoms with Crippen LogP contribution in [-0.4, -0.2) is 25.2 Å². The number of halogens is 1. The fourth-order valence-electron chi connectivity index (χ4n) is 4.35. The highest BCUT2D eigenvalue weighted by atomic mass is 35.5. The van der Waals surface area contributed by atoms with E-state index in [-0.39, 0.29) is 22.3 Å². The number of hydrogen-bond acceptors (Lipinski definition) is 4. The number of phenolic OH excluding ortho intramolecular Hbond substituents is 2. The summed E-state index contributed by atoms with van der Waals surface area (Å²) in [5.74, 6) is 0.343. The molecule has 0 atom stereocenters. The van der Waals surface area contributed by atoms with Gasteiger partial charge >= 0.3 is 0 Å². The molecule has 0 radical (unpaired) electrons. The Balaban J connectivity index is 2.01. The van der Waals surface area contributed by atoms with Gasteiger partial charge in [-0.2, -0.15) is 0 Å². The average molecular weight is 478 g/mol. The second-order valence-corrected chi connectivity index (χ2v) is 11.6. The monoisotopic (exact) mass is 477 g/mol. The number of rotatable bonds is 2. The SMILES string of the molecule is Cc1cc(-c2c(Cl)ccc3nn(-c4cc(C)cc(C(C)(C)C)c4O)nc23)c(O)c(C(C)(C)C)c1. The Morgan fingerprint density at radius 3 is 1.91 bits per heavy atom. The lowest BCUT2D eigenvalue weighted by atomic mass is 9.83. The minimum absolute atomic E-state index is 0.152. The highest BCUT2D eigenvalue weighted by Crippen LogP contribution is 2.44. The number of nitrogens with zero attached hydrogens (tertiary/aromatic N) is 3. The molecule has 0 aliphatic carbocycles. The van der Waals surface area contributed by atoms with Gasteiger partial charge in [0.1, 0.15) is 28.2 Å². The van der Waals surface area contributed by atoms with Crippen molar-refractivity contribution in [1.82, 2.24) is 15.0 Å². The van der Waals surface area contributed by atoms with Gasteiger partial charge in [0.15, 0.2) is 0 Å². The molecular weight excluding hydrogens is 446 g/mol. The Kier molecular flexibility index (Phi) is 5.68. The molecule has 178 valence electrons. The molecule has 34 heavy (non-hydrogen) atoms. The summed E-state index contributed by atoms with van der Waals surface area (Å²) in [6.45, 7) is 16.4. The number of benzene rings is 3. The zero-order chi connectivity index (χ0) is 25.2. The van der Waals surface area contributed by atoms with Gasteiger partial charge in [-0.25, -0.2) is 0 Å². The molecular formula is C28H32ClN3O2. The van der Waals surface area contributed by atoms with Crippen LogP contribution in [0.2, 0.25) is 5.02 Å². The van der Waals surface area contributed by atoms with Gasteiger partial charge < -0.3 is 10.2 Å². The van der Waals surface area contributed by atoms with Gasteiger partial charge in [-0.15, -0.1) is 15.0 Å². The predicted molar refractivity (Wildman–Crippen MR) is 140 cm³/mol. The highest BCUT2D eigenvalue weighted by molar-refractivity contribution is 6.35. The van der Waals surface area contributed by atoms with Crippen LogP contribution in [0.25, 0.3) is 27.8 Å². The fraction of sp³-hybridized carbons (Fsp3) is 0.357. The van der Waals surface area contributed by atoms with Gasteiger partial charge in [-0.1, -0.05) is 65.3 Å². The maximum Gasteiger partial charge on any atom is 0.146 e. The molecule has 3 aromatic carbocycles. The van der Waals surface area contributed by atoms with Crippen LogP contribution < -0.4 is 0 Å². The van der Waals surface area contributed by atoms with E-state index in [4.69, 9.17) is 16.7 Å². The van der Waals surface area contributed by atoms with E-state index in [0.29, 0.717) is 32.9 Å². The van der Waals surface area contributed by atoms with Crippen molar-refractivity contribution in [2.45, 2.75) is 66.2 Å². The maximum absolute atomic E-state index is 11.3. The van der Waals surface area contributed by atoms with Crippen molar-refractivity contribution in [3.8, 4) is 28.3 Å². The molecule has 2 N–H and O–H groups in total. The Labute approximate surface area is 206 Å². The molecule has 0 fully saturated rings. The van der Waals surface area contributed by atoms with Crippen molar-refractivity contribution in [2.75, 3.05) is 0 Å². The van der Waals surface area contributed by atoms with Crippen LogP contribution in [0.3, 0.4) is 0 Å². The molecule has 0 bridgehead atoms. The first-order valence-corrected chi connectivity index (χ1v) is 11.8. The fourth-order valence-corrected chi connectivity index (χ4v) is 4.60. The minimum atomic E-state index is -0.250. The van der Waals surface area contributed by atoms with E-state index in [1.54, 1.807) is 12.1 Å². The number of phenols is 2. The van der Waals surface area contributed by atoms with Crippen LogP contribution in [-0.2, 0) is 10.8 Å². The second kappa shape index (κ2) is 8.02. The number of fused-ring (bicyclic) bond motifs is 1.